The molecule has 0 N–H and O–H groups in total. The van der Waals surface area contributed by atoms with E-state index >= 15 is 0 Å². The molecule has 1 heterocycles. The molecule has 1 aromatic carbocycles. The molecule has 1 aromatic heterocycles. The maximum absolute atomic E-state index is 12.4. The summed E-state index contributed by atoms with van der Waals surface area (Å²) >= 11 is 0. The number of hydrogen-bond acceptors (Lipinski definition) is 2. The molecule has 112 valence electrons. The number of aromatic nitrogens is 1. The highest BCUT2D eigenvalue weighted by atomic mass is 16.2. The lowest BCUT2D eigenvalue weighted by atomic mass is 10.1. The fourth-order valence-electron chi connectivity index (χ4n) is 2.51. The van der Waals surface area contributed by atoms with Crippen molar-refractivity contribution in [3.05, 3.63) is 46.8 Å². The number of amides is 1. The minimum Gasteiger partial charge on any atom is -0.342 e. The van der Waals surface area contributed by atoms with Crippen molar-refractivity contribution in [1.29, 1.82) is 0 Å². The molecule has 0 fully saturated rings. The zero-order valence-electron chi connectivity index (χ0n) is 12.9. The lowest BCUT2D eigenvalue weighted by Gasteiger charge is -2.25. The van der Waals surface area contributed by atoms with Crippen molar-refractivity contribution in [2.45, 2.75) is 39.3 Å². The molecular formula is C17H22N2O2. The number of nitrogens with zero attached hydrogens (tertiary/aromatic N) is 2. The van der Waals surface area contributed by atoms with E-state index in [4.69, 9.17) is 0 Å². The summed E-state index contributed by atoms with van der Waals surface area (Å²) in [7, 11) is 1.84. The fraction of sp³-hybridized carbons (Fsp3) is 0.412. The van der Waals surface area contributed by atoms with Crippen LogP contribution in [-0.2, 0) is 11.3 Å². The largest absolute Gasteiger partial charge is 0.342 e. The Morgan fingerprint density at radius 3 is 2.71 bits per heavy atom. The van der Waals surface area contributed by atoms with Crippen LogP contribution in [0.25, 0.3) is 10.9 Å². The molecule has 1 atom stereocenters. The molecule has 0 saturated heterocycles. The van der Waals surface area contributed by atoms with Gasteiger partial charge in [0, 0.05) is 30.7 Å². The first-order chi connectivity index (χ1) is 10.0. The summed E-state index contributed by atoms with van der Waals surface area (Å²) in [6.45, 7) is 4.43. The predicted molar refractivity (Wildman–Crippen MR) is 85.3 cm³/mol. The van der Waals surface area contributed by atoms with E-state index in [1.807, 2.05) is 29.8 Å². The average Bonchev–Trinajstić information content (AvgIpc) is 2.49. The highest BCUT2D eigenvalue weighted by Crippen LogP contribution is 2.11. The number of para-hydroxylation sites is 1. The van der Waals surface area contributed by atoms with E-state index in [1.54, 1.807) is 17.2 Å². The van der Waals surface area contributed by atoms with E-state index in [2.05, 4.69) is 13.8 Å². The first-order valence-corrected chi connectivity index (χ1v) is 7.38. The molecule has 0 aliphatic carbocycles. The third-order valence-electron chi connectivity index (χ3n) is 3.95. The van der Waals surface area contributed by atoms with Crippen LogP contribution in [0.4, 0.5) is 0 Å². The number of hydrogen-bond donors (Lipinski definition) is 0. The summed E-state index contributed by atoms with van der Waals surface area (Å²) in [5, 5.41) is 0.650. The van der Waals surface area contributed by atoms with E-state index in [0.717, 1.165) is 18.4 Å². The second-order valence-electron chi connectivity index (χ2n) is 5.47. The summed E-state index contributed by atoms with van der Waals surface area (Å²) in [6, 6.07) is 9.14. The second-order valence-corrected chi connectivity index (χ2v) is 5.47. The zero-order valence-corrected chi connectivity index (χ0v) is 12.9. The van der Waals surface area contributed by atoms with Crippen LogP contribution < -0.4 is 5.43 Å². The molecule has 2 rings (SSSR count). The van der Waals surface area contributed by atoms with Crippen molar-refractivity contribution in [2.24, 2.45) is 0 Å². The number of benzene rings is 1. The first-order valence-electron chi connectivity index (χ1n) is 7.38. The van der Waals surface area contributed by atoms with Gasteiger partial charge in [-0.2, -0.15) is 0 Å². The Kier molecular flexibility index (Phi) is 4.78. The van der Waals surface area contributed by atoms with Crippen LogP contribution in [0.3, 0.4) is 0 Å². The summed E-state index contributed by atoms with van der Waals surface area (Å²) in [5.74, 6) is 0.0600. The van der Waals surface area contributed by atoms with Gasteiger partial charge >= 0.3 is 0 Å². The van der Waals surface area contributed by atoms with Crippen LogP contribution in [0.1, 0.15) is 26.7 Å². The van der Waals surface area contributed by atoms with Gasteiger partial charge in [-0.1, -0.05) is 25.5 Å². The summed E-state index contributed by atoms with van der Waals surface area (Å²) in [4.78, 5) is 26.0. The standard InChI is InChI=1S/C17H22N2O2/c1-4-7-13(2)18(3)17(21)12-19-11-10-16(20)14-8-5-6-9-15(14)19/h5-6,8-11,13H,4,7,12H2,1-3H3/t13-/m0/s1. The smallest absolute Gasteiger partial charge is 0.242 e. The van der Waals surface area contributed by atoms with Gasteiger partial charge < -0.3 is 9.47 Å². The molecular weight excluding hydrogens is 264 g/mol. The molecule has 1 amide bonds. The van der Waals surface area contributed by atoms with Gasteiger partial charge in [0.2, 0.25) is 5.91 Å². The van der Waals surface area contributed by atoms with Gasteiger partial charge in [0.15, 0.2) is 5.43 Å². The Hall–Kier alpha value is -2.10. The Labute approximate surface area is 125 Å². The average molecular weight is 286 g/mol. The van der Waals surface area contributed by atoms with Crippen molar-refractivity contribution in [2.75, 3.05) is 7.05 Å². The fourth-order valence-corrected chi connectivity index (χ4v) is 2.51. The zero-order chi connectivity index (χ0) is 15.4. The molecule has 0 saturated carbocycles. The Bertz CT molecular complexity index is 690. The van der Waals surface area contributed by atoms with Gasteiger partial charge in [-0.25, -0.2) is 0 Å². The quantitative estimate of drug-likeness (QED) is 0.848. The topological polar surface area (TPSA) is 42.3 Å². The van der Waals surface area contributed by atoms with Crippen molar-refractivity contribution in [3.8, 4) is 0 Å². The molecule has 0 unspecified atom stereocenters. The predicted octanol–water partition coefficient (Wildman–Crippen LogP) is 2.65. The molecule has 0 radical (unpaired) electrons. The van der Waals surface area contributed by atoms with Crippen LogP contribution in [0.5, 0.6) is 0 Å². The Morgan fingerprint density at radius 2 is 2.00 bits per heavy atom. The van der Waals surface area contributed by atoms with E-state index in [0.29, 0.717) is 5.39 Å². The maximum atomic E-state index is 12.4. The lowest BCUT2D eigenvalue weighted by molar-refractivity contribution is -0.132. The van der Waals surface area contributed by atoms with Crippen molar-refractivity contribution < 1.29 is 4.79 Å². The molecule has 21 heavy (non-hydrogen) atoms. The third-order valence-corrected chi connectivity index (χ3v) is 3.95. The third kappa shape index (κ3) is 3.32. The van der Waals surface area contributed by atoms with Gasteiger partial charge in [0.1, 0.15) is 6.54 Å². The Balaban J connectivity index is 2.26. The number of fused-ring (bicyclic) bond motifs is 1. The molecule has 2 aromatic rings. The Morgan fingerprint density at radius 1 is 1.29 bits per heavy atom. The van der Waals surface area contributed by atoms with Crippen LogP contribution in [-0.4, -0.2) is 28.5 Å². The van der Waals surface area contributed by atoms with Gasteiger partial charge in [0.05, 0.1) is 5.52 Å². The SMILES string of the molecule is CCC[C@H](C)N(C)C(=O)Cn1ccc(=O)c2ccccc21. The summed E-state index contributed by atoms with van der Waals surface area (Å²) in [5.41, 5.74) is 0.789. The number of carbonyl (C=O) groups excluding carboxylic acids is 1. The highest BCUT2D eigenvalue weighted by Gasteiger charge is 2.15. The van der Waals surface area contributed by atoms with Gasteiger partial charge in [-0.05, 0) is 25.5 Å². The van der Waals surface area contributed by atoms with Crippen molar-refractivity contribution >= 4 is 16.8 Å². The van der Waals surface area contributed by atoms with Gasteiger partial charge in [-0.15, -0.1) is 0 Å². The molecule has 0 aliphatic rings. The minimum absolute atomic E-state index is 0.0120. The van der Waals surface area contributed by atoms with E-state index in [1.165, 1.54) is 6.07 Å². The molecule has 0 aliphatic heterocycles. The van der Waals surface area contributed by atoms with Crippen LogP contribution >= 0.6 is 0 Å². The monoisotopic (exact) mass is 286 g/mol. The van der Waals surface area contributed by atoms with Crippen molar-refractivity contribution in [1.82, 2.24) is 9.47 Å². The molecule has 0 bridgehead atoms. The van der Waals surface area contributed by atoms with E-state index in [9.17, 15) is 9.59 Å². The summed E-state index contributed by atoms with van der Waals surface area (Å²) < 4.78 is 1.84. The number of likely N-dealkylation sites (N-methyl/N-ethyl adjacent to an activating group) is 1. The highest BCUT2D eigenvalue weighted by molar-refractivity contribution is 5.82. The van der Waals surface area contributed by atoms with Crippen LogP contribution in [0.15, 0.2) is 41.3 Å². The second kappa shape index (κ2) is 6.57. The normalized spacial score (nSPS) is 12.3. The number of carbonyl (C=O) groups is 1. The molecule has 0 spiro atoms. The molecule has 4 nitrogen and oxygen atoms in total. The van der Waals surface area contributed by atoms with Crippen LogP contribution in [0.2, 0.25) is 0 Å². The molecule has 4 heteroatoms. The first kappa shape index (κ1) is 15.3. The minimum atomic E-state index is -0.0120. The maximum Gasteiger partial charge on any atom is 0.242 e. The van der Waals surface area contributed by atoms with E-state index in [-0.39, 0.29) is 23.9 Å². The van der Waals surface area contributed by atoms with Gasteiger partial charge in [0.25, 0.3) is 0 Å². The van der Waals surface area contributed by atoms with Crippen molar-refractivity contribution in [3.63, 3.8) is 0 Å². The number of pyridine rings is 1. The van der Waals surface area contributed by atoms with Gasteiger partial charge in [-0.3, -0.25) is 9.59 Å². The number of rotatable bonds is 5. The van der Waals surface area contributed by atoms with E-state index < -0.39 is 0 Å². The lowest BCUT2D eigenvalue weighted by Crippen LogP contribution is -2.37. The van der Waals surface area contributed by atoms with Crippen LogP contribution in [0, 0.1) is 0 Å². The summed E-state index contributed by atoms with van der Waals surface area (Å²) in [6.07, 6.45) is 3.74.